The number of nitrogens with zero attached hydrogens (tertiary/aromatic N) is 1. The van der Waals surface area contributed by atoms with Crippen LogP contribution in [-0.2, 0) is 0 Å². The number of aliphatic imine (C=N–C) groups is 1. The van der Waals surface area contributed by atoms with Gasteiger partial charge in [-0.05, 0) is 38.5 Å². The van der Waals surface area contributed by atoms with E-state index in [1.54, 1.807) is 6.34 Å². The van der Waals surface area contributed by atoms with Crippen LogP contribution in [0.3, 0.4) is 0 Å². The molecule has 0 fully saturated rings. The van der Waals surface area contributed by atoms with Crippen molar-refractivity contribution in [1.29, 1.82) is 0 Å². The topological polar surface area (TPSA) is 64.9 Å². The summed E-state index contributed by atoms with van der Waals surface area (Å²) in [6.07, 6.45) is 7.76. The lowest BCUT2D eigenvalue weighted by atomic mass is 10.2. The first-order valence-corrected chi connectivity index (χ1v) is 5.85. The van der Waals surface area contributed by atoms with Gasteiger partial charge in [0, 0.05) is 26.3 Å². The Morgan fingerprint density at radius 1 is 0.867 bits per heavy atom. The first-order chi connectivity index (χ1) is 7.41. The Hall–Kier alpha value is -0.610. The van der Waals surface area contributed by atoms with Crippen molar-refractivity contribution in [2.75, 3.05) is 26.3 Å². The highest BCUT2D eigenvalue weighted by Crippen LogP contribution is 1.93. The largest absolute Gasteiger partial charge is 0.396 e. The van der Waals surface area contributed by atoms with Gasteiger partial charge in [-0.25, -0.2) is 0 Å². The van der Waals surface area contributed by atoms with E-state index in [4.69, 9.17) is 10.2 Å². The van der Waals surface area contributed by atoms with E-state index in [0.717, 1.165) is 51.6 Å². The van der Waals surface area contributed by atoms with Crippen molar-refractivity contribution >= 4 is 6.34 Å². The van der Waals surface area contributed by atoms with E-state index in [2.05, 4.69) is 10.3 Å². The van der Waals surface area contributed by atoms with Crippen LogP contribution >= 0.6 is 0 Å². The van der Waals surface area contributed by atoms with Crippen molar-refractivity contribution in [2.24, 2.45) is 4.99 Å². The van der Waals surface area contributed by atoms with Crippen LogP contribution in [0.15, 0.2) is 4.99 Å². The van der Waals surface area contributed by atoms with Gasteiger partial charge >= 0.3 is 0 Å². The Morgan fingerprint density at radius 3 is 2.20 bits per heavy atom. The van der Waals surface area contributed by atoms with Gasteiger partial charge in [-0.2, -0.15) is 0 Å². The summed E-state index contributed by atoms with van der Waals surface area (Å²) in [4.78, 5) is 4.19. The highest BCUT2D eigenvalue weighted by Gasteiger charge is 1.86. The Kier molecular flexibility index (Phi) is 12.8. The fourth-order valence-corrected chi connectivity index (χ4v) is 1.20. The summed E-state index contributed by atoms with van der Waals surface area (Å²) in [6.45, 7) is 2.34. The van der Waals surface area contributed by atoms with Gasteiger partial charge < -0.3 is 15.5 Å². The molecule has 0 unspecified atom stereocenters. The van der Waals surface area contributed by atoms with E-state index >= 15 is 0 Å². The van der Waals surface area contributed by atoms with Gasteiger partial charge in [0.25, 0.3) is 0 Å². The summed E-state index contributed by atoms with van der Waals surface area (Å²) in [7, 11) is 0. The summed E-state index contributed by atoms with van der Waals surface area (Å²) in [5.41, 5.74) is 0. The van der Waals surface area contributed by atoms with Crippen LogP contribution in [0.25, 0.3) is 0 Å². The van der Waals surface area contributed by atoms with E-state index in [-0.39, 0.29) is 6.61 Å². The SMILES string of the molecule is OCCCCCN=CNCCCCCO. The Balaban J connectivity index is 2.97. The lowest BCUT2D eigenvalue weighted by Crippen LogP contribution is -2.12. The van der Waals surface area contributed by atoms with E-state index < -0.39 is 0 Å². The molecular formula is C11H24N2O2. The molecule has 0 aliphatic rings. The smallest absolute Gasteiger partial charge is 0.0823 e. The standard InChI is InChI=1S/C11H24N2O2/c14-9-5-1-3-7-12-11-13-8-4-2-6-10-15/h11,14-15H,1-10H2,(H,12,13). The Bertz CT molecular complexity index is 141. The molecule has 0 aromatic carbocycles. The quantitative estimate of drug-likeness (QED) is 0.273. The summed E-state index contributed by atoms with van der Waals surface area (Å²) >= 11 is 0. The first kappa shape index (κ1) is 14.4. The van der Waals surface area contributed by atoms with Gasteiger partial charge in [0.15, 0.2) is 0 Å². The molecule has 4 nitrogen and oxygen atoms in total. The van der Waals surface area contributed by atoms with Crippen molar-refractivity contribution in [1.82, 2.24) is 5.32 Å². The van der Waals surface area contributed by atoms with Gasteiger partial charge in [-0.15, -0.1) is 0 Å². The molecule has 0 saturated heterocycles. The third kappa shape index (κ3) is 13.4. The first-order valence-electron chi connectivity index (χ1n) is 5.85. The van der Waals surface area contributed by atoms with E-state index in [1.807, 2.05) is 0 Å². The number of hydrogen-bond acceptors (Lipinski definition) is 3. The minimum Gasteiger partial charge on any atom is -0.396 e. The number of nitrogens with one attached hydrogen (secondary N) is 1. The molecule has 3 N–H and O–H groups in total. The second-order valence-corrected chi connectivity index (χ2v) is 3.56. The number of aliphatic hydroxyl groups is 2. The van der Waals surface area contributed by atoms with Gasteiger partial charge in [-0.3, -0.25) is 4.99 Å². The summed E-state index contributed by atoms with van der Waals surface area (Å²) in [5, 5.41) is 20.2. The van der Waals surface area contributed by atoms with Gasteiger partial charge in [-0.1, -0.05) is 0 Å². The van der Waals surface area contributed by atoms with Crippen LogP contribution in [0.4, 0.5) is 0 Å². The predicted molar refractivity (Wildman–Crippen MR) is 63.2 cm³/mol. The average Bonchev–Trinajstić information content (AvgIpc) is 2.26. The fourth-order valence-electron chi connectivity index (χ4n) is 1.20. The van der Waals surface area contributed by atoms with Crippen LogP contribution in [0, 0.1) is 0 Å². The normalized spacial score (nSPS) is 11.1. The molecule has 90 valence electrons. The Labute approximate surface area is 92.4 Å². The van der Waals surface area contributed by atoms with Crippen LogP contribution in [-0.4, -0.2) is 42.9 Å². The molecule has 15 heavy (non-hydrogen) atoms. The van der Waals surface area contributed by atoms with E-state index in [0.29, 0.717) is 6.61 Å². The molecule has 0 bridgehead atoms. The zero-order chi connectivity index (χ0) is 11.2. The lowest BCUT2D eigenvalue weighted by molar-refractivity contribution is 0.283. The number of aliphatic hydroxyl groups excluding tert-OH is 2. The number of unbranched alkanes of at least 4 members (excludes halogenated alkanes) is 4. The van der Waals surface area contributed by atoms with E-state index in [1.165, 1.54) is 0 Å². The third-order valence-electron chi connectivity index (χ3n) is 2.11. The Morgan fingerprint density at radius 2 is 1.53 bits per heavy atom. The fraction of sp³-hybridized carbons (Fsp3) is 0.909. The van der Waals surface area contributed by atoms with Gasteiger partial charge in [0.1, 0.15) is 0 Å². The highest BCUT2D eigenvalue weighted by molar-refractivity contribution is 5.53. The molecule has 0 aromatic heterocycles. The number of rotatable bonds is 11. The molecule has 0 amide bonds. The molecule has 0 aliphatic carbocycles. The minimum atomic E-state index is 0.285. The monoisotopic (exact) mass is 216 g/mol. The maximum absolute atomic E-state index is 8.55. The maximum atomic E-state index is 8.55. The van der Waals surface area contributed by atoms with Gasteiger partial charge in [0.05, 0.1) is 6.34 Å². The highest BCUT2D eigenvalue weighted by atomic mass is 16.3. The van der Waals surface area contributed by atoms with Crippen molar-refractivity contribution in [2.45, 2.75) is 38.5 Å². The predicted octanol–water partition coefficient (Wildman–Crippen LogP) is 0.929. The molecule has 0 saturated carbocycles. The molecule has 0 heterocycles. The summed E-state index contributed by atoms with van der Waals surface area (Å²) in [5.74, 6) is 0. The van der Waals surface area contributed by atoms with Gasteiger partial charge in [0.2, 0.25) is 0 Å². The van der Waals surface area contributed by atoms with Crippen LogP contribution in [0.5, 0.6) is 0 Å². The summed E-state index contributed by atoms with van der Waals surface area (Å²) < 4.78 is 0. The zero-order valence-corrected chi connectivity index (χ0v) is 9.49. The van der Waals surface area contributed by atoms with Crippen LogP contribution in [0.2, 0.25) is 0 Å². The van der Waals surface area contributed by atoms with Crippen LogP contribution in [0.1, 0.15) is 38.5 Å². The second-order valence-electron chi connectivity index (χ2n) is 3.56. The van der Waals surface area contributed by atoms with Crippen molar-refractivity contribution in [3.63, 3.8) is 0 Å². The molecule has 0 aromatic rings. The second kappa shape index (κ2) is 13.4. The molecule has 0 radical (unpaired) electrons. The maximum Gasteiger partial charge on any atom is 0.0823 e. The molecule has 0 atom stereocenters. The van der Waals surface area contributed by atoms with Crippen molar-refractivity contribution in [3.05, 3.63) is 0 Å². The minimum absolute atomic E-state index is 0.285. The summed E-state index contributed by atoms with van der Waals surface area (Å²) in [6, 6.07) is 0. The number of hydrogen-bond donors (Lipinski definition) is 3. The van der Waals surface area contributed by atoms with Crippen molar-refractivity contribution in [3.8, 4) is 0 Å². The van der Waals surface area contributed by atoms with Crippen molar-refractivity contribution < 1.29 is 10.2 Å². The average molecular weight is 216 g/mol. The molecule has 0 aliphatic heterocycles. The lowest BCUT2D eigenvalue weighted by Gasteiger charge is -1.99. The molecule has 0 spiro atoms. The van der Waals surface area contributed by atoms with E-state index in [9.17, 15) is 0 Å². The van der Waals surface area contributed by atoms with Crippen LogP contribution < -0.4 is 5.32 Å². The molecule has 4 heteroatoms. The zero-order valence-electron chi connectivity index (χ0n) is 9.49. The molecule has 0 rings (SSSR count). The third-order valence-corrected chi connectivity index (χ3v) is 2.11. The molecular weight excluding hydrogens is 192 g/mol.